The standard InChI is InChI=1S/C21H25ClN2O4S/c1-5-28-21-17(26-3)9-14(10-18(21)27-4)13-23-24-20(25)12-15-11-16(22)7-8-19(15)29-6-2/h7-11,13H,5-6,12H2,1-4H3,(H,24,25)/b23-13-. The molecule has 0 spiro atoms. The first kappa shape index (κ1) is 22.9. The van der Waals surface area contributed by atoms with E-state index in [1.807, 2.05) is 25.1 Å². The number of hydrazone groups is 1. The summed E-state index contributed by atoms with van der Waals surface area (Å²) < 4.78 is 16.3. The number of hydrogen-bond acceptors (Lipinski definition) is 6. The van der Waals surface area contributed by atoms with Gasteiger partial charge in [-0.1, -0.05) is 18.5 Å². The lowest BCUT2D eigenvalue weighted by Gasteiger charge is -2.14. The smallest absolute Gasteiger partial charge is 0.244 e. The number of hydrogen-bond donors (Lipinski definition) is 1. The number of carbonyl (C=O) groups excluding carboxylic acids is 1. The Morgan fingerprint density at radius 3 is 2.45 bits per heavy atom. The van der Waals surface area contributed by atoms with E-state index in [1.165, 1.54) is 6.21 Å². The van der Waals surface area contributed by atoms with Crippen LogP contribution < -0.4 is 19.6 Å². The lowest BCUT2D eigenvalue weighted by Crippen LogP contribution is -2.20. The average molecular weight is 437 g/mol. The van der Waals surface area contributed by atoms with Crippen molar-refractivity contribution in [3.05, 3.63) is 46.5 Å². The van der Waals surface area contributed by atoms with Gasteiger partial charge in [0.25, 0.3) is 0 Å². The first-order chi connectivity index (χ1) is 14.0. The molecule has 8 heteroatoms. The number of methoxy groups -OCH3 is 2. The average Bonchev–Trinajstić information content (AvgIpc) is 2.71. The van der Waals surface area contributed by atoms with Gasteiger partial charge in [-0.05, 0) is 48.6 Å². The predicted octanol–water partition coefficient (Wildman–Crippen LogP) is 4.56. The van der Waals surface area contributed by atoms with Crippen molar-refractivity contribution in [3.63, 3.8) is 0 Å². The molecule has 0 aromatic heterocycles. The fourth-order valence-electron chi connectivity index (χ4n) is 2.64. The first-order valence-corrected chi connectivity index (χ1v) is 10.5. The molecule has 1 amide bonds. The molecule has 6 nitrogen and oxygen atoms in total. The van der Waals surface area contributed by atoms with Crippen molar-refractivity contribution in [3.8, 4) is 17.2 Å². The normalized spacial score (nSPS) is 10.8. The minimum atomic E-state index is -0.230. The van der Waals surface area contributed by atoms with Crippen LogP contribution in [0.1, 0.15) is 25.0 Å². The highest BCUT2D eigenvalue weighted by Gasteiger charge is 2.13. The molecular weight excluding hydrogens is 412 g/mol. The Hall–Kier alpha value is -2.38. The topological polar surface area (TPSA) is 69.2 Å². The van der Waals surface area contributed by atoms with Gasteiger partial charge in [-0.15, -0.1) is 11.8 Å². The number of nitrogens with one attached hydrogen (secondary N) is 1. The van der Waals surface area contributed by atoms with Crippen LogP contribution in [0.5, 0.6) is 17.2 Å². The molecule has 1 N–H and O–H groups in total. The van der Waals surface area contributed by atoms with Gasteiger partial charge in [0.05, 0.1) is 33.5 Å². The second-order valence-electron chi connectivity index (χ2n) is 5.84. The molecule has 0 aliphatic heterocycles. The molecule has 0 radical (unpaired) electrons. The molecule has 2 rings (SSSR count). The lowest BCUT2D eigenvalue weighted by atomic mass is 10.1. The van der Waals surface area contributed by atoms with E-state index in [1.54, 1.807) is 38.1 Å². The monoisotopic (exact) mass is 436 g/mol. The predicted molar refractivity (Wildman–Crippen MR) is 118 cm³/mol. The fourth-order valence-corrected chi connectivity index (χ4v) is 3.62. The zero-order valence-electron chi connectivity index (χ0n) is 17.0. The third-order valence-electron chi connectivity index (χ3n) is 3.85. The number of carbonyl (C=O) groups is 1. The summed E-state index contributed by atoms with van der Waals surface area (Å²) in [4.78, 5) is 13.3. The molecule has 0 unspecified atom stereocenters. The Morgan fingerprint density at radius 2 is 1.86 bits per heavy atom. The maximum absolute atomic E-state index is 12.3. The van der Waals surface area contributed by atoms with Crippen molar-refractivity contribution in [2.45, 2.75) is 25.2 Å². The van der Waals surface area contributed by atoms with Crippen LogP contribution in [-0.2, 0) is 11.2 Å². The van der Waals surface area contributed by atoms with Crippen LogP contribution in [0.4, 0.5) is 0 Å². The van der Waals surface area contributed by atoms with E-state index in [4.69, 9.17) is 25.8 Å². The zero-order valence-corrected chi connectivity index (χ0v) is 18.5. The number of thioether (sulfide) groups is 1. The molecule has 0 atom stereocenters. The highest BCUT2D eigenvalue weighted by molar-refractivity contribution is 7.99. The molecule has 156 valence electrons. The molecule has 0 aliphatic rings. The van der Waals surface area contributed by atoms with Gasteiger partial charge in [0, 0.05) is 15.5 Å². The second-order valence-corrected chi connectivity index (χ2v) is 7.58. The van der Waals surface area contributed by atoms with Crippen LogP contribution in [0.3, 0.4) is 0 Å². The Labute approximate surface area is 180 Å². The van der Waals surface area contributed by atoms with Crippen molar-refractivity contribution in [2.24, 2.45) is 5.10 Å². The summed E-state index contributed by atoms with van der Waals surface area (Å²) in [7, 11) is 3.10. The SMILES string of the molecule is CCOc1c(OC)cc(/C=N\NC(=O)Cc2cc(Cl)ccc2SCC)cc1OC. The van der Waals surface area contributed by atoms with Crippen LogP contribution in [0, 0.1) is 0 Å². The summed E-state index contributed by atoms with van der Waals surface area (Å²) >= 11 is 7.74. The van der Waals surface area contributed by atoms with Crippen LogP contribution in [0.25, 0.3) is 0 Å². The lowest BCUT2D eigenvalue weighted by molar-refractivity contribution is -0.120. The Morgan fingerprint density at radius 1 is 1.17 bits per heavy atom. The van der Waals surface area contributed by atoms with Gasteiger partial charge in [-0.25, -0.2) is 5.43 Å². The molecule has 0 bridgehead atoms. The summed E-state index contributed by atoms with van der Waals surface area (Å²) in [5.41, 5.74) is 4.13. The number of rotatable bonds is 10. The second kappa shape index (κ2) is 11.6. The summed E-state index contributed by atoms with van der Waals surface area (Å²) in [6, 6.07) is 9.09. The van der Waals surface area contributed by atoms with E-state index in [2.05, 4.69) is 17.5 Å². The minimum Gasteiger partial charge on any atom is -0.493 e. The highest BCUT2D eigenvalue weighted by atomic mass is 35.5. The number of benzene rings is 2. The summed E-state index contributed by atoms with van der Waals surface area (Å²) in [5.74, 6) is 2.26. The Bertz CT molecular complexity index is 849. The van der Waals surface area contributed by atoms with Crippen molar-refractivity contribution in [2.75, 3.05) is 26.6 Å². The Kier molecular flexibility index (Phi) is 9.15. The van der Waals surface area contributed by atoms with Gasteiger partial charge in [0.1, 0.15) is 0 Å². The number of nitrogens with zero attached hydrogens (tertiary/aromatic N) is 1. The third-order valence-corrected chi connectivity index (χ3v) is 5.08. The van der Waals surface area contributed by atoms with Gasteiger partial charge in [-0.3, -0.25) is 4.79 Å². The van der Waals surface area contributed by atoms with E-state index in [-0.39, 0.29) is 12.3 Å². The van der Waals surface area contributed by atoms with Gasteiger partial charge < -0.3 is 14.2 Å². The van der Waals surface area contributed by atoms with Crippen LogP contribution in [0.15, 0.2) is 40.3 Å². The third kappa shape index (κ3) is 6.58. The Balaban J connectivity index is 2.10. The number of ether oxygens (including phenoxy) is 3. The first-order valence-electron chi connectivity index (χ1n) is 9.14. The highest BCUT2D eigenvalue weighted by Crippen LogP contribution is 2.38. The zero-order chi connectivity index (χ0) is 21.2. The summed E-state index contributed by atoms with van der Waals surface area (Å²) in [5, 5.41) is 4.65. The fraction of sp³-hybridized carbons (Fsp3) is 0.333. The maximum atomic E-state index is 12.3. The van der Waals surface area contributed by atoms with Crippen molar-refractivity contribution >= 4 is 35.5 Å². The van der Waals surface area contributed by atoms with E-state index in [0.29, 0.717) is 34.4 Å². The van der Waals surface area contributed by atoms with Crippen molar-refractivity contribution < 1.29 is 19.0 Å². The van der Waals surface area contributed by atoms with Crippen LogP contribution >= 0.6 is 23.4 Å². The van der Waals surface area contributed by atoms with Crippen molar-refractivity contribution in [1.82, 2.24) is 5.43 Å². The van der Waals surface area contributed by atoms with Gasteiger partial charge in [0.15, 0.2) is 11.5 Å². The molecule has 29 heavy (non-hydrogen) atoms. The summed E-state index contributed by atoms with van der Waals surface area (Å²) in [6.07, 6.45) is 1.72. The molecule has 2 aromatic rings. The number of amides is 1. The molecule has 0 saturated heterocycles. The molecule has 0 saturated carbocycles. The van der Waals surface area contributed by atoms with Gasteiger partial charge in [0.2, 0.25) is 11.7 Å². The molecule has 0 heterocycles. The van der Waals surface area contributed by atoms with Gasteiger partial charge in [-0.2, -0.15) is 5.10 Å². The molecular formula is C21H25ClN2O4S. The van der Waals surface area contributed by atoms with Crippen LogP contribution in [0.2, 0.25) is 5.02 Å². The van der Waals surface area contributed by atoms with E-state index < -0.39 is 0 Å². The van der Waals surface area contributed by atoms with Crippen LogP contribution in [-0.4, -0.2) is 38.7 Å². The minimum absolute atomic E-state index is 0.191. The largest absolute Gasteiger partial charge is 0.493 e. The van der Waals surface area contributed by atoms with E-state index >= 15 is 0 Å². The summed E-state index contributed by atoms with van der Waals surface area (Å²) in [6.45, 7) is 4.43. The van der Waals surface area contributed by atoms with E-state index in [0.717, 1.165) is 16.2 Å². The maximum Gasteiger partial charge on any atom is 0.244 e. The van der Waals surface area contributed by atoms with Crippen molar-refractivity contribution in [1.29, 1.82) is 0 Å². The molecule has 0 aliphatic carbocycles. The quantitative estimate of drug-likeness (QED) is 0.336. The molecule has 0 fully saturated rings. The van der Waals surface area contributed by atoms with E-state index in [9.17, 15) is 4.79 Å². The molecule has 2 aromatic carbocycles. The number of halogens is 1. The van der Waals surface area contributed by atoms with Gasteiger partial charge >= 0.3 is 0 Å².